The smallest absolute Gasteiger partial charge is 0.338 e. The van der Waals surface area contributed by atoms with Gasteiger partial charge in [-0.3, -0.25) is 0 Å². The SMILES string of the molecule is COC(=O)c1csc(CI)c1. The topological polar surface area (TPSA) is 26.3 Å². The van der Waals surface area contributed by atoms with Crippen molar-refractivity contribution in [3.05, 3.63) is 21.9 Å². The number of esters is 1. The number of methoxy groups -OCH3 is 1. The van der Waals surface area contributed by atoms with Crippen LogP contribution in [0.3, 0.4) is 0 Å². The molecule has 0 aliphatic rings. The predicted octanol–water partition coefficient (Wildman–Crippen LogP) is 2.47. The third kappa shape index (κ3) is 2.16. The van der Waals surface area contributed by atoms with Crippen LogP contribution >= 0.6 is 33.9 Å². The Kier molecular flexibility index (Phi) is 3.32. The lowest BCUT2D eigenvalue weighted by atomic mass is 10.3. The normalized spacial score (nSPS) is 9.64. The second kappa shape index (κ2) is 4.06. The summed E-state index contributed by atoms with van der Waals surface area (Å²) in [5.41, 5.74) is 0.657. The van der Waals surface area contributed by atoms with E-state index in [0.717, 1.165) is 4.43 Å². The molecule has 0 saturated carbocycles. The van der Waals surface area contributed by atoms with Gasteiger partial charge >= 0.3 is 5.97 Å². The van der Waals surface area contributed by atoms with E-state index in [9.17, 15) is 4.79 Å². The van der Waals surface area contributed by atoms with Crippen molar-refractivity contribution in [3.63, 3.8) is 0 Å². The zero-order valence-electron chi connectivity index (χ0n) is 5.96. The summed E-state index contributed by atoms with van der Waals surface area (Å²) in [4.78, 5) is 12.1. The predicted molar refractivity (Wildman–Crippen MR) is 53.4 cm³/mol. The standard InChI is InChI=1S/C7H7IO2S/c1-10-7(9)5-2-6(3-8)11-4-5/h2,4H,3H2,1H3. The van der Waals surface area contributed by atoms with Crippen molar-refractivity contribution in [1.82, 2.24) is 0 Å². The highest BCUT2D eigenvalue weighted by Crippen LogP contribution is 2.17. The molecule has 1 aromatic heterocycles. The molecule has 0 amide bonds. The Morgan fingerprint density at radius 3 is 3.00 bits per heavy atom. The van der Waals surface area contributed by atoms with Gasteiger partial charge in [-0.15, -0.1) is 11.3 Å². The molecule has 0 radical (unpaired) electrons. The molecule has 0 fully saturated rings. The Hall–Kier alpha value is -0.100. The Labute approximate surface area is 82.7 Å². The minimum atomic E-state index is -0.252. The van der Waals surface area contributed by atoms with E-state index >= 15 is 0 Å². The van der Waals surface area contributed by atoms with E-state index in [1.165, 1.54) is 12.0 Å². The molecule has 11 heavy (non-hydrogen) atoms. The Bertz CT molecular complexity index is 257. The number of alkyl halides is 1. The Balaban J connectivity index is 2.80. The van der Waals surface area contributed by atoms with Gasteiger partial charge in [0.1, 0.15) is 0 Å². The van der Waals surface area contributed by atoms with Crippen molar-refractivity contribution in [3.8, 4) is 0 Å². The monoisotopic (exact) mass is 282 g/mol. The molecular weight excluding hydrogens is 275 g/mol. The summed E-state index contributed by atoms with van der Waals surface area (Å²) in [6.45, 7) is 0. The van der Waals surface area contributed by atoms with Crippen LogP contribution in [0.2, 0.25) is 0 Å². The van der Waals surface area contributed by atoms with Crippen LogP contribution < -0.4 is 0 Å². The maximum absolute atomic E-state index is 10.9. The van der Waals surface area contributed by atoms with Crippen molar-refractivity contribution in [1.29, 1.82) is 0 Å². The lowest BCUT2D eigenvalue weighted by Gasteiger charge is -1.91. The molecule has 0 aromatic carbocycles. The number of thiophene rings is 1. The van der Waals surface area contributed by atoms with Crippen molar-refractivity contribution in [2.45, 2.75) is 4.43 Å². The van der Waals surface area contributed by atoms with Gasteiger partial charge in [-0.1, -0.05) is 22.6 Å². The summed E-state index contributed by atoms with van der Waals surface area (Å²) in [5, 5.41) is 1.82. The fraction of sp³-hybridized carbons (Fsp3) is 0.286. The van der Waals surface area contributed by atoms with E-state index in [0.29, 0.717) is 5.56 Å². The van der Waals surface area contributed by atoms with Gasteiger partial charge in [0.25, 0.3) is 0 Å². The lowest BCUT2D eigenvalue weighted by Crippen LogP contribution is -1.98. The van der Waals surface area contributed by atoms with E-state index in [2.05, 4.69) is 27.3 Å². The molecule has 0 bridgehead atoms. The third-order valence-electron chi connectivity index (χ3n) is 1.21. The lowest BCUT2D eigenvalue weighted by molar-refractivity contribution is 0.0601. The van der Waals surface area contributed by atoms with Gasteiger partial charge in [0.15, 0.2) is 0 Å². The summed E-state index contributed by atoms with van der Waals surface area (Å²) in [6, 6.07) is 1.86. The first-order chi connectivity index (χ1) is 5.27. The molecular formula is C7H7IO2S. The number of hydrogen-bond acceptors (Lipinski definition) is 3. The maximum atomic E-state index is 10.9. The van der Waals surface area contributed by atoms with Gasteiger partial charge in [-0.2, -0.15) is 0 Å². The number of rotatable bonds is 2. The quantitative estimate of drug-likeness (QED) is 0.473. The van der Waals surface area contributed by atoms with Gasteiger partial charge in [-0.25, -0.2) is 4.79 Å². The Morgan fingerprint density at radius 1 is 1.82 bits per heavy atom. The van der Waals surface area contributed by atoms with Gasteiger partial charge in [0, 0.05) is 14.7 Å². The molecule has 1 heterocycles. The van der Waals surface area contributed by atoms with Gasteiger partial charge in [0.2, 0.25) is 0 Å². The van der Waals surface area contributed by atoms with Crippen LogP contribution in [0.25, 0.3) is 0 Å². The Morgan fingerprint density at radius 2 is 2.55 bits per heavy atom. The van der Waals surface area contributed by atoms with Crippen LogP contribution in [0.4, 0.5) is 0 Å². The molecule has 0 aliphatic heterocycles. The number of carbonyl (C=O) groups excluding carboxylic acids is 1. The maximum Gasteiger partial charge on any atom is 0.338 e. The van der Waals surface area contributed by atoms with Crippen LogP contribution in [-0.2, 0) is 9.16 Å². The zero-order chi connectivity index (χ0) is 8.27. The van der Waals surface area contributed by atoms with Crippen molar-refractivity contribution >= 4 is 39.9 Å². The minimum Gasteiger partial charge on any atom is -0.465 e. The van der Waals surface area contributed by atoms with E-state index < -0.39 is 0 Å². The first-order valence-electron chi connectivity index (χ1n) is 2.99. The van der Waals surface area contributed by atoms with Crippen molar-refractivity contribution in [2.24, 2.45) is 0 Å². The third-order valence-corrected chi connectivity index (χ3v) is 3.48. The van der Waals surface area contributed by atoms with Crippen molar-refractivity contribution in [2.75, 3.05) is 7.11 Å². The average Bonchev–Trinajstić information content (AvgIpc) is 2.50. The molecule has 1 rings (SSSR count). The molecule has 0 spiro atoms. The highest BCUT2D eigenvalue weighted by atomic mass is 127. The number of hydrogen-bond donors (Lipinski definition) is 0. The fourth-order valence-corrected chi connectivity index (χ4v) is 2.14. The van der Waals surface area contributed by atoms with Crippen molar-refractivity contribution < 1.29 is 9.53 Å². The molecule has 0 unspecified atom stereocenters. The van der Waals surface area contributed by atoms with Crippen LogP contribution in [0.5, 0.6) is 0 Å². The average molecular weight is 282 g/mol. The van der Waals surface area contributed by atoms with Gasteiger partial charge < -0.3 is 4.74 Å². The van der Waals surface area contributed by atoms with Crippen LogP contribution in [0.1, 0.15) is 15.2 Å². The second-order valence-electron chi connectivity index (χ2n) is 1.93. The first-order valence-corrected chi connectivity index (χ1v) is 5.40. The molecule has 0 saturated heterocycles. The zero-order valence-corrected chi connectivity index (χ0v) is 8.94. The number of carbonyl (C=O) groups is 1. The number of halogens is 1. The molecule has 4 heteroatoms. The van der Waals surface area contributed by atoms with E-state index in [1.807, 2.05) is 11.4 Å². The molecule has 2 nitrogen and oxygen atoms in total. The second-order valence-corrected chi connectivity index (χ2v) is 3.69. The molecule has 60 valence electrons. The minimum absolute atomic E-state index is 0.252. The fourth-order valence-electron chi connectivity index (χ4n) is 0.676. The molecule has 0 N–H and O–H groups in total. The summed E-state index contributed by atoms with van der Waals surface area (Å²) in [7, 11) is 1.39. The van der Waals surface area contributed by atoms with Crippen LogP contribution in [-0.4, -0.2) is 13.1 Å². The summed E-state index contributed by atoms with van der Waals surface area (Å²) in [5.74, 6) is -0.252. The van der Waals surface area contributed by atoms with Gasteiger partial charge in [0.05, 0.1) is 12.7 Å². The van der Waals surface area contributed by atoms with Crippen LogP contribution in [0, 0.1) is 0 Å². The molecule has 0 atom stereocenters. The van der Waals surface area contributed by atoms with E-state index in [-0.39, 0.29) is 5.97 Å². The van der Waals surface area contributed by atoms with E-state index in [4.69, 9.17) is 0 Å². The number of ether oxygens (including phenoxy) is 1. The van der Waals surface area contributed by atoms with E-state index in [1.54, 1.807) is 11.3 Å². The summed E-state index contributed by atoms with van der Waals surface area (Å²) < 4.78 is 5.50. The highest BCUT2D eigenvalue weighted by Gasteiger charge is 2.06. The first kappa shape index (κ1) is 8.99. The molecule has 0 aliphatic carbocycles. The van der Waals surface area contributed by atoms with Gasteiger partial charge in [-0.05, 0) is 6.07 Å². The summed E-state index contributed by atoms with van der Waals surface area (Å²) >= 11 is 3.85. The van der Waals surface area contributed by atoms with Crippen LogP contribution in [0.15, 0.2) is 11.4 Å². The summed E-state index contributed by atoms with van der Waals surface area (Å²) in [6.07, 6.45) is 0. The molecule has 1 aromatic rings. The highest BCUT2D eigenvalue weighted by molar-refractivity contribution is 14.1. The largest absolute Gasteiger partial charge is 0.465 e.